The van der Waals surface area contributed by atoms with Gasteiger partial charge in [-0.3, -0.25) is 0 Å². The lowest BCUT2D eigenvalue weighted by Crippen LogP contribution is -2.03. The van der Waals surface area contributed by atoms with Gasteiger partial charge in [-0.15, -0.1) is 0 Å². The lowest BCUT2D eigenvalue weighted by Gasteiger charge is -2.05. The van der Waals surface area contributed by atoms with Gasteiger partial charge >= 0.3 is 0 Å². The van der Waals surface area contributed by atoms with Crippen molar-refractivity contribution in [2.24, 2.45) is 0 Å². The van der Waals surface area contributed by atoms with E-state index in [1.54, 1.807) is 0 Å². The van der Waals surface area contributed by atoms with E-state index in [4.69, 9.17) is 11.5 Å². The lowest BCUT2D eigenvalue weighted by atomic mass is 10.2. The molecule has 0 aliphatic carbocycles. The largest absolute Gasteiger partial charge is 0.382 e. The number of rotatable bonds is 0. The number of nitrogens with zero attached hydrogens (tertiary/aromatic N) is 3. The molecule has 0 aliphatic heterocycles. The van der Waals surface area contributed by atoms with Crippen molar-refractivity contribution in [3.05, 3.63) is 17.3 Å². The van der Waals surface area contributed by atoms with Crippen LogP contribution in [0.3, 0.4) is 0 Å². The Morgan fingerprint density at radius 2 is 1.71 bits per heavy atom. The molecule has 5 nitrogen and oxygen atoms in total. The van der Waals surface area contributed by atoms with Gasteiger partial charge < -0.3 is 11.5 Å². The van der Waals surface area contributed by atoms with Gasteiger partial charge in [-0.25, -0.2) is 9.97 Å². The molecule has 2 aromatic heterocycles. The molecule has 0 saturated heterocycles. The average molecular weight is 189 g/mol. The maximum Gasteiger partial charge on any atom is 0.222 e. The van der Waals surface area contributed by atoms with Gasteiger partial charge in [0.25, 0.3) is 0 Å². The molecule has 0 radical (unpaired) electrons. The minimum Gasteiger partial charge on any atom is -0.382 e. The van der Waals surface area contributed by atoms with Gasteiger partial charge in [0.15, 0.2) is 5.82 Å². The first-order valence-electron chi connectivity index (χ1n) is 4.25. The van der Waals surface area contributed by atoms with E-state index in [1.807, 2.05) is 19.9 Å². The van der Waals surface area contributed by atoms with Gasteiger partial charge in [-0.2, -0.15) is 4.98 Å². The van der Waals surface area contributed by atoms with Gasteiger partial charge in [-0.1, -0.05) is 0 Å². The maximum absolute atomic E-state index is 5.70. The number of nitrogen functional groups attached to an aromatic ring is 2. The van der Waals surface area contributed by atoms with Crippen LogP contribution in [0.1, 0.15) is 11.3 Å². The number of hydrogen-bond donors (Lipinski definition) is 2. The topological polar surface area (TPSA) is 90.7 Å². The van der Waals surface area contributed by atoms with Gasteiger partial charge in [0.2, 0.25) is 5.95 Å². The molecule has 0 atom stereocenters. The van der Waals surface area contributed by atoms with Crippen molar-refractivity contribution in [3.8, 4) is 0 Å². The first-order chi connectivity index (χ1) is 6.58. The molecule has 2 rings (SSSR count). The van der Waals surface area contributed by atoms with Crippen molar-refractivity contribution >= 4 is 22.8 Å². The first kappa shape index (κ1) is 8.68. The number of nitrogens with two attached hydrogens (primary N) is 2. The van der Waals surface area contributed by atoms with Crippen LogP contribution in [0.25, 0.3) is 11.0 Å². The van der Waals surface area contributed by atoms with Crippen LogP contribution >= 0.6 is 0 Å². The number of hydrogen-bond acceptors (Lipinski definition) is 5. The van der Waals surface area contributed by atoms with Crippen molar-refractivity contribution in [2.45, 2.75) is 13.8 Å². The third-order valence-electron chi connectivity index (χ3n) is 2.02. The summed E-state index contributed by atoms with van der Waals surface area (Å²) < 4.78 is 0. The van der Waals surface area contributed by atoms with E-state index in [2.05, 4.69) is 15.0 Å². The Hall–Kier alpha value is -1.91. The highest BCUT2D eigenvalue weighted by Gasteiger charge is 2.07. The summed E-state index contributed by atoms with van der Waals surface area (Å²) in [5.41, 5.74) is 14.5. The summed E-state index contributed by atoms with van der Waals surface area (Å²) in [4.78, 5) is 12.2. The standard InChI is InChI=1S/C9H11N5/c1-4-3-5(2)12-7-6(4)13-9(11)14-8(7)10/h3H,1-2H3,(H4,10,11,13,14). The molecule has 5 heteroatoms. The highest BCUT2D eigenvalue weighted by atomic mass is 15.0. The van der Waals surface area contributed by atoms with Crippen molar-refractivity contribution < 1.29 is 0 Å². The molecular formula is C9H11N5. The quantitative estimate of drug-likeness (QED) is 0.639. The van der Waals surface area contributed by atoms with E-state index in [0.717, 1.165) is 16.8 Å². The maximum atomic E-state index is 5.70. The van der Waals surface area contributed by atoms with Crippen molar-refractivity contribution in [3.63, 3.8) is 0 Å². The van der Waals surface area contributed by atoms with E-state index >= 15 is 0 Å². The van der Waals surface area contributed by atoms with Crippen molar-refractivity contribution in [2.75, 3.05) is 11.5 Å². The molecule has 4 N–H and O–H groups in total. The van der Waals surface area contributed by atoms with Crippen molar-refractivity contribution in [1.29, 1.82) is 0 Å². The molecule has 0 bridgehead atoms. The minimum absolute atomic E-state index is 0.184. The summed E-state index contributed by atoms with van der Waals surface area (Å²) in [6, 6.07) is 1.94. The fraction of sp³-hybridized carbons (Fsp3) is 0.222. The van der Waals surface area contributed by atoms with Crippen LogP contribution in [-0.2, 0) is 0 Å². The molecule has 2 heterocycles. The van der Waals surface area contributed by atoms with E-state index in [1.165, 1.54) is 0 Å². The highest BCUT2D eigenvalue weighted by Crippen LogP contribution is 2.20. The average Bonchev–Trinajstić information content (AvgIpc) is 2.07. The minimum atomic E-state index is 0.184. The fourth-order valence-electron chi connectivity index (χ4n) is 1.47. The highest BCUT2D eigenvalue weighted by molar-refractivity contribution is 5.87. The van der Waals surface area contributed by atoms with E-state index < -0.39 is 0 Å². The van der Waals surface area contributed by atoms with Gasteiger partial charge in [-0.05, 0) is 25.5 Å². The van der Waals surface area contributed by atoms with E-state index in [9.17, 15) is 0 Å². The summed E-state index contributed by atoms with van der Waals surface area (Å²) in [5.74, 6) is 0.517. The van der Waals surface area contributed by atoms with Crippen molar-refractivity contribution in [1.82, 2.24) is 15.0 Å². The molecule has 0 fully saturated rings. The van der Waals surface area contributed by atoms with Crippen LogP contribution in [0.15, 0.2) is 6.07 Å². The number of aromatic nitrogens is 3. The molecule has 0 saturated carbocycles. The predicted molar refractivity (Wildman–Crippen MR) is 55.6 cm³/mol. The molecule has 0 spiro atoms. The smallest absolute Gasteiger partial charge is 0.222 e. The Labute approximate surface area is 81.2 Å². The van der Waals surface area contributed by atoms with Crippen LogP contribution in [0, 0.1) is 13.8 Å². The van der Waals surface area contributed by atoms with E-state index in [0.29, 0.717) is 11.3 Å². The molecule has 0 aromatic carbocycles. The van der Waals surface area contributed by atoms with E-state index in [-0.39, 0.29) is 5.95 Å². The zero-order chi connectivity index (χ0) is 10.3. The van der Waals surface area contributed by atoms with Gasteiger partial charge in [0.1, 0.15) is 5.52 Å². The van der Waals surface area contributed by atoms with Crippen LogP contribution in [0.5, 0.6) is 0 Å². The summed E-state index contributed by atoms with van der Waals surface area (Å²) in [6.07, 6.45) is 0. The monoisotopic (exact) mass is 189 g/mol. The predicted octanol–water partition coefficient (Wildman–Crippen LogP) is 0.806. The summed E-state index contributed by atoms with van der Waals surface area (Å²) in [7, 11) is 0. The normalized spacial score (nSPS) is 10.7. The Morgan fingerprint density at radius 1 is 1.00 bits per heavy atom. The molecule has 0 aliphatic rings. The number of aryl methyl sites for hydroxylation is 2. The molecule has 14 heavy (non-hydrogen) atoms. The molecule has 0 unspecified atom stereocenters. The number of pyridine rings is 1. The zero-order valence-electron chi connectivity index (χ0n) is 8.07. The van der Waals surface area contributed by atoms with Crippen LogP contribution < -0.4 is 11.5 Å². The molecule has 72 valence electrons. The molecule has 0 amide bonds. The lowest BCUT2D eigenvalue weighted by molar-refractivity contribution is 1.17. The SMILES string of the molecule is Cc1cc(C)c2nc(N)nc(N)c2n1. The second-order valence-corrected chi connectivity index (χ2v) is 3.24. The van der Waals surface area contributed by atoms with Crippen LogP contribution in [0.4, 0.5) is 11.8 Å². The second-order valence-electron chi connectivity index (χ2n) is 3.24. The third kappa shape index (κ3) is 1.22. The first-order valence-corrected chi connectivity index (χ1v) is 4.25. The molecular weight excluding hydrogens is 178 g/mol. The Morgan fingerprint density at radius 3 is 2.43 bits per heavy atom. The molecule has 2 aromatic rings. The zero-order valence-corrected chi connectivity index (χ0v) is 8.07. The Kier molecular flexibility index (Phi) is 1.73. The van der Waals surface area contributed by atoms with Gasteiger partial charge in [0.05, 0.1) is 5.52 Å². The summed E-state index contributed by atoms with van der Waals surface area (Å²) in [6.45, 7) is 3.85. The summed E-state index contributed by atoms with van der Waals surface area (Å²) >= 11 is 0. The number of anilines is 2. The van der Waals surface area contributed by atoms with Gasteiger partial charge in [0, 0.05) is 5.69 Å². The summed E-state index contributed by atoms with van der Waals surface area (Å²) in [5, 5.41) is 0. The number of fused-ring (bicyclic) bond motifs is 1. The van der Waals surface area contributed by atoms with Crippen LogP contribution in [0.2, 0.25) is 0 Å². The Balaban J connectivity index is 2.94. The second kappa shape index (κ2) is 2.80. The van der Waals surface area contributed by atoms with Crippen LogP contribution in [-0.4, -0.2) is 15.0 Å². The third-order valence-corrected chi connectivity index (χ3v) is 2.02. The fourth-order valence-corrected chi connectivity index (χ4v) is 1.47. The Bertz CT molecular complexity index is 459.